The van der Waals surface area contributed by atoms with Crippen LogP contribution in [0.2, 0.25) is 5.02 Å². The monoisotopic (exact) mass is 331 g/mol. The number of nitrogens with one attached hydrogen (secondary N) is 1. The van der Waals surface area contributed by atoms with Crippen LogP contribution in [0.25, 0.3) is 11.4 Å². The van der Waals surface area contributed by atoms with E-state index in [0.717, 1.165) is 34.0 Å². The first kappa shape index (κ1) is 12.8. The highest BCUT2D eigenvalue weighted by molar-refractivity contribution is 9.10. The third kappa shape index (κ3) is 3.18. The van der Waals surface area contributed by atoms with Gasteiger partial charge >= 0.3 is 0 Å². The summed E-state index contributed by atoms with van der Waals surface area (Å²) in [6, 6.07) is 5.67. The molecule has 0 saturated heterocycles. The second-order valence-corrected chi connectivity index (χ2v) is 5.49. The lowest BCUT2D eigenvalue weighted by atomic mass is 10.2. The van der Waals surface area contributed by atoms with Crippen molar-refractivity contribution in [2.24, 2.45) is 0 Å². The van der Waals surface area contributed by atoms with Crippen molar-refractivity contribution < 1.29 is 0 Å². The molecule has 90 valence electrons. The highest BCUT2D eigenvalue weighted by Gasteiger charge is 2.07. The fourth-order valence-electron chi connectivity index (χ4n) is 1.28. The Morgan fingerprint density at radius 1 is 1.47 bits per heavy atom. The van der Waals surface area contributed by atoms with Gasteiger partial charge in [-0.3, -0.25) is 0 Å². The van der Waals surface area contributed by atoms with Crippen LogP contribution in [-0.2, 0) is 0 Å². The van der Waals surface area contributed by atoms with Crippen LogP contribution in [-0.4, -0.2) is 15.9 Å². The summed E-state index contributed by atoms with van der Waals surface area (Å²) in [5.41, 5.74) is 0.960. The molecule has 0 fully saturated rings. The van der Waals surface area contributed by atoms with E-state index in [1.165, 1.54) is 11.5 Å². The fourth-order valence-corrected chi connectivity index (χ4v) is 2.39. The topological polar surface area (TPSA) is 37.8 Å². The molecule has 3 nitrogen and oxygen atoms in total. The van der Waals surface area contributed by atoms with Gasteiger partial charge in [-0.25, -0.2) is 0 Å². The Bertz CT molecular complexity index is 515. The molecule has 0 amide bonds. The zero-order valence-electron chi connectivity index (χ0n) is 9.20. The first-order chi connectivity index (χ1) is 8.20. The van der Waals surface area contributed by atoms with E-state index in [2.05, 4.69) is 37.5 Å². The predicted molar refractivity (Wildman–Crippen MR) is 76.8 cm³/mol. The second kappa shape index (κ2) is 5.80. The molecule has 2 aromatic rings. The number of nitrogens with zero attached hydrogens (tertiary/aromatic N) is 2. The molecule has 6 heteroatoms. The van der Waals surface area contributed by atoms with Crippen molar-refractivity contribution in [3.05, 3.63) is 27.7 Å². The third-order valence-electron chi connectivity index (χ3n) is 2.13. The van der Waals surface area contributed by atoms with Gasteiger partial charge in [0.05, 0.1) is 5.02 Å². The van der Waals surface area contributed by atoms with E-state index in [-0.39, 0.29) is 0 Å². The van der Waals surface area contributed by atoms with Gasteiger partial charge in [-0.2, -0.15) is 9.36 Å². The first-order valence-corrected chi connectivity index (χ1v) is 7.18. The lowest BCUT2D eigenvalue weighted by Gasteiger charge is -1.99. The van der Waals surface area contributed by atoms with Gasteiger partial charge in [-0.15, -0.1) is 0 Å². The molecule has 2 rings (SSSR count). The van der Waals surface area contributed by atoms with E-state index in [1.54, 1.807) is 0 Å². The van der Waals surface area contributed by atoms with Gasteiger partial charge in [-0.05, 0) is 40.5 Å². The van der Waals surface area contributed by atoms with Crippen molar-refractivity contribution in [3.8, 4) is 11.4 Å². The smallest absolute Gasteiger partial charge is 0.202 e. The van der Waals surface area contributed by atoms with Gasteiger partial charge in [0.15, 0.2) is 5.82 Å². The zero-order chi connectivity index (χ0) is 12.3. The molecule has 1 aromatic carbocycles. The summed E-state index contributed by atoms with van der Waals surface area (Å²) in [6.45, 7) is 3.03. The summed E-state index contributed by atoms with van der Waals surface area (Å²) in [5.74, 6) is 0.728. The average molecular weight is 333 g/mol. The maximum absolute atomic E-state index is 5.94. The van der Waals surface area contributed by atoms with Gasteiger partial charge in [0.25, 0.3) is 0 Å². The van der Waals surface area contributed by atoms with E-state index in [1.807, 2.05) is 18.2 Å². The van der Waals surface area contributed by atoms with E-state index in [0.29, 0.717) is 5.02 Å². The quantitative estimate of drug-likeness (QED) is 0.899. The molecule has 1 heterocycles. The van der Waals surface area contributed by atoms with Gasteiger partial charge < -0.3 is 5.32 Å². The Kier molecular flexibility index (Phi) is 4.36. The molecule has 1 aromatic heterocycles. The van der Waals surface area contributed by atoms with Crippen LogP contribution in [0.5, 0.6) is 0 Å². The Balaban J connectivity index is 2.21. The maximum atomic E-state index is 5.94. The summed E-state index contributed by atoms with van der Waals surface area (Å²) in [6.07, 6.45) is 1.07. The molecular weight excluding hydrogens is 322 g/mol. The lowest BCUT2D eigenvalue weighted by molar-refractivity contribution is 0.976. The SMILES string of the molecule is CCCNc1nc(-c2ccc(Cl)c(Br)c2)ns1. The summed E-state index contributed by atoms with van der Waals surface area (Å²) in [5, 5.41) is 4.76. The normalized spacial score (nSPS) is 10.5. The Morgan fingerprint density at radius 2 is 2.29 bits per heavy atom. The summed E-state index contributed by atoms with van der Waals surface area (Å²) >= 11 is 10.7. The first-order valence-electron chi connectivity index (χ1n) is 5.23. The Morgan fingerprint density at radius 3 is 3.00 bits per heavy atom. The molecule has 0 atom stereocenters. The molecule has 0 aliphatic carbocycles. The molecule has 0 saturated carbocycles. The van der Waals surface area contributed by atoms with Crippen molar-refractivity contribution in [1.82, 2.24) is 9.36 Å². The molecule has 0 spiro atoms. The molecule has 1 N–H and O–H groups in total. The molecular formula is C11H11BrClN3S. The van der Waals surface area contributed by atoms with Gasteiger partial charge in [0.2, 0.25) is 5.13 Å². The van der Waals surface area contributed by atoms with Crippen LogP contribution in [0.1, 0.15) is 13.3 Å². The number of benzene rings is 1. The van der Waals surface area contributed by atoms with E-state index in [9.17, 15) is 0 Å². The largest absolute Gasteiger partial charge is 0.360 e. The van der Waals surface area contributed by atoms with Crippen LogP contribution in [0.3, 0.4) is 0 Å². The summed E-state index contributed by atoms with van der Waals surface area (Å²) in [7, 11) is 0. The van der Waals surface area contributed by atoms with Crippen LogP contribution >= 0.6 is 39.1 Å². The summed E-state index contributed by atoms with van der Waals surface area (Å²) < 4.78 is 5.17. The van der Waals surface area contributed by atoms with Crippen LogP contribution in [0.15, 0.2) is 22.7 Å². The van der Waals surface area contributed by atoms with Crippen molar-refractivity contribution in [3.63, 3.8) is 0 Å². The van der Waals surface area contributed by atoms with E-state index >= 15 is 0 Å². The molecule has 0 unspecified atom stereocenters. The number of aromatic nitrogens is 2. The molecule has 0 aliphatic rings. The number of hydrogen-bond acceptors (Lipinski definition) is 4. The standard InChI is InChI=1S/C11H11BrClN3S/c1-2-5-14-11-15-10(16-17-11)7-3-4-9(13)8(12)6-7/h3-4,6H,2,5H2,1H3,(H,14,15,16). The number of halogens is 2. The summed E-state index contributed by atoms with van der Waals surface area (Å²) in [4.78, 5) is 4.42. The van der Waals surface area contributed by atoms with Crippen LogP contribution in [0, 0.1) is 0 Å². The highest BCUT2D eigenvalue weighted by atomic mass is 79.9. The van der Waals surface area contributed by atoms with Crippen molar-refractivity contribution >= 4 is 44.2 Å². The minimum Gasteiger partial charge on any atom is -0.360 e. The van der Waals surface area contributed by atoms with Gasteiger partial charge in [-0.1, -0.05) is 18.5 Å². The predicted octanol–water partition coefficient (Wildman–Crippen LogP) is 4.44. The van der Waals surface area contributed by atoms with Crippen LogP contribution < -0.4 is 5.32 Å². The third-order valence-corrected chi connectivity index (χ3v) is 4.02. The van der Waals surface area contributed by atoms with Crippen molar-refractivity contribution in [1.29, 1.82) is 0 Å². The Hall–Kier alpha value is -0.650. The molecule has 17 heavy (non-hydrogen) atoms. The lowest BCUT2D eigenvalue weighted by Crippen LogP contribution is -1.98. The number of hydrogen-bond donors (Lipinski definition) is 1. The van der Waals surface area contributed by atoms with Crippen LogP contribution in [0.4, 0.5) is 5.13 Å². The maximum Gasteiger partial charge on any atom is 0.202 e. The van der Waals surface area contributed by atoms with Gasteiger partial charge in [0, 0.05) is 28.1 Å². The molecule has 0 aliphatic heterocycles. The molecule has 0 bridgehead atoms. The Labute approximate surface area is 118 Å². The minimum atomic E-state index is 0.688. The van der Waals surface area contributed by atoms with E-state index in [4.69, 9.17) is 11.6 Å². The second-order valence-electron chi connectivity index (χ2n) is 3.48. The minimum absolute atomic E-state index is 0.688. The van der Waals surface area contributed by atoms with Crippen molar-refractivity contribution in [2.45, 2.75) is 13.3 Å². The van der Waals surface area contributed by atoms with Crippen molar-refractivity contribution in [2.75, 3.05) is 11.9 Å². The molecule has 0 radical (unpaired) electrons. The average Bonchev–Trinajstić information content (AvgIpc) is 2.79. The van der Waals surface area contributed by atoms with Gasteiger partial charge in [0.1, 0.15) is 0 Å². The number of rotatable bonds is 4. The zero-order valence-corrected chi connectivity index (χ0v) is 12.4. The van der Waals surface area contributed by atoms with E-state index < -0.39 is 0 Å². The number of anilines is 1. The highest BCUT2D eigenvalue weighted by Crippen LogP contribution is 2.28. The fraction of sp³-hybridized carbons (Fsp3) is 0.273.